The van der Waals surface area contributed by atoms with Crippen molar-refractivity contribution in [2.75, 3.05) is 5.33 Å². The molecule has 1 unspecified atom stereocenters. The van der Waals surface area contributed by atoms with Gasteiger partial charge in [-0.1, -0.05) is 48.8 Å². The van der Waals surface area contributed by atoms with Crippen LogP contribution in [0.25, 0.3) is 0 Å². The van der Waals surface area contributed by atoms with Gasteiger partial charge < -0.3 is 0 Å². The largest absolute Gasteiger partial charge is 0.241 e. The molecule has 0 radical (unpaired) electrons. The van der Waals surface area contributed by atoms with E-state index in [1.807, 2.05) is 20.8 Å². The van der Waals surface area contributed by atoms with Crippen molar-refractivity contribution in [1.29, 1.82) is 0 Å². The number of halogens is 2. The van der Waals surface area contributed by atoms with Crippen LogP contribution in [0.3, 0.4) is 0 Å². The van der Waals surface area contributed by atoms with Gasteiger partial charge in [-0.15, -0.1) is 0 Å². The minimum Gasteiger partial charge on any atom is -0.207 e. The molecule has 1 aromatic carbocycles. The van der Waals surface area contributed by atoms with Gasteiger partial charge in [-0.2, -0.15) is 0 Å². The van der Waals surface area contributed by atoms with E-state index in [0.29, 0.717) is 4.47 Å². The van der Waals surface area contributed by atoms with E-state index in [9.17, 15) is 8.42 Å². The number of rotatable bonds is 5. The fourth-order valence-corrected chi connectivity index (χ4v) is 4.63. The van der Waals surface area contributed by atoms with Crippen molar-refractivity contribution in [3.8, 4) is 0 Å². The first-order chi connectivity index (χ1) is 8.68. The lowest BCUT2D eigenvalue weighted by molar-refractivity contribution is 0.293. The summed E-state index contributed by atoms with van der Waals surface area (Å²) in [4.78, 5) is 0.277. The summed E-state index contributed by atoms with van der Waals surface area (Å²) in [5.41, 5.74) is -0.137. The van der Waals surface area contributed by atoms with Crippen LogP contribution < -0.4 is 4.72 Å². The normalized spacial score (nSPS) is 14.4. The summed E-state index contributed by atoms with van der Waals surface area (Å²) in [6.07, 6.45) is 0.743. The lowest BCUT2D eigenvalue weighted by Gasteiger charge is -2.31. The van der Waals surface area contributed by atoms with Gasteiger partial charge >= 0.3 is 0 Å². The van der Waals surface area contributed by atoms with Crippen molar-refractivity contribution in [2.24, 2.45) is 5.41 Å². The Kier molecular flexibility index (Phi) is 6.04. The van der Waals surface area contributed by atoms with Crippen molar-refractivity contribution in [1.82, 2.24) is 4.72 Å². The summed E-state index contributed by atoms with van der Waals surface area (Å²) >= 11 is 6.66. The third-order valence-electron chi connectivity index (χ3n) is 2.87. The lowest BCUT2D eigenvalue weighted by Crippen LogP contribution is -2.43. The number of nitrogens with one attached hydrogen (secondary N) is 1. The fourth-order valence-electron chi connectivity index (χ4n) is 1.69. The lowest BCUT2D eigenvalue weighted by atomic mass is 9.86. The predicted molar refractivity (Wildman–Crippen MR) is 86.1 cm³/mol. The molecular weight excluding hydrogens is 394 g/mol. The third kappa shape index (κ3) is 4.85. The SMILES string of the molecule is CC(C)(C)C(CCBr)NS(=O)(=O)c1ccccc1Br. The van der Waals surface area contributed by atoms with Gasteiger partial charge in [0.25, 0.3) is 0 Å². The van der Waals surface area contributed by atoms with Gasteiger partial charge in [0.15, 0.2) is 0 Å². The molecule has 1 aromatic rings. The Hall–Kier alpha value is 0.0900. The molecule has 0 spiro atoms. The quantitative estimate of drug-likeness (QED) is 0.744. The van der Waals surface area contributed by atoms with Crippen LogP contribution in [0.1, 0.15) is 27.2 Å². The van der Waals surface area contributed by atoms with Crippen molar-refractivity contribution in [3.05, 3.63) is 28.7 Å². The third-order valence-corrected chi connectivity index (χ3v) is 5.81. The first-order valence-corrected chi connectivity index (χ1v) is 9.41. The van der Waals surface area contributed by atoms with Crippen LogP contribution >= 0.6 is 31.9 Å². The Labute approximate surface area is 132 Å². The number of benzene rings is 1. The second-order valence-corrected chi connectivity index (χ2v) is 8.78. The average molecular weight is 413 g/mol. The van der Waals surface area contributed by atoms with Crippen LogP contribution in [0.4, 0.5) is 0 Å². The summed E-state index contributed by atoms with van der Waals surface area (Å²) < 4.78 is 28.2. The number of sulfonamides is 1. The van der Waals surface area contributed by atoms with Gasteiger partial charge in [0, 0.05) is 15.8 Å². The molecule has 1 rings (SSSR count). The molecule has 0 saturated carbocycles. The van der Waals surface area contributed by atoms with Crippen LogP contribution in [-0.4, -0.2) is 19.8 Å². The van der Waals surface area contributed by atoms with Crippen molar-refractivity contribution >= 4 is 41.9 Å². The van der Waals surface area contributed by atoms with Gasteiger partial charge in [0.1, 0.15) is 0 Å². The Morgan fingerprint density at radius 3 is 2.32 bits per heavy atom. The summed E-state index contributed by atoms with van der Waals surface area (Å²) in [6.45, 7) is 6.09. The fraction of sp³-hybridized carbons (Fsp3) is 0.538. The van der Waals surface area contributed by atoms with Crippen LogP contribution in [-0.2, 0) is 10.0 Å². The maximum atomic E-state index is 12.4. The monoisotopic (exact) mass is 411 g/mol. The molecule has 0 bridgehead atoms. The minimum absolute atomic E-state index is 0.121. The van der Waals surface area contributed by atoms with Gasteiger partial charge in [0.2, 0.25) is 10.0 Å². The van der Waals surface area contributed by atoms with Crippen LogP contribution in [0.15, 0.2) is 33.6 Å². The number of alkyl halides is 1. The van der Waals surface area contributed by atoms with Crippen molar-refractivity contribution in [2.45, 2.75) is 38.1 Å². The smallest absolute Gasteiger partial charge is 0.207 e. The van der Waals surface area contributed by atoms with Gasteiger partial charge in [-0.05, 0) is 39.9 Å². The zero-order valence-corrected chi connectivity index (χ0v) is 15.3. The van der Waals surface area contributed by atoms with E-state index in [1.54, 1.807) is 24.3 Å². The highest BCUT2D eigenvalue weighted by molar-refractivity contribution is 9.10. The molecule has 0 heterocycles. The highest BCUT2D eigenvalue weighted by Gasteiger charge is 2.29. The molecule has 0 fully saturated rings. The first kappa shape index (κ1) is 17.1. The Bertz CT molecular complexity index is 524. The molecule has 19 heavy (non-hydrogen) atoms. The minimum atomic E-state index is -3.51. The maximum Gasteiger partial charge on any atom is 0.241 e. The van der Waals surface area contributed by atoms with Gasteiger partial charge in [0.05, 0.1) is 4.90 Å². The molecule has 108 valence electrons. The van der Waals surface area contributed by atoms with E-state index < -0.39 is 10.0 Å². The molecular formula is C13H19Br2NO2S. The van der Waals surface area contributed by atoms with Crippen LogP contribution in [0, 0.1) is 5.41 Å². The topological polar surface area (TPSA) is 46.2 Å². The molecule has 6 heteroatoms. The highest BCUT2D eigenvalue weighted by atomic mass is 79.9. The van der Waals surface area contributed by atoms with E-state index in [1.165, 1.54) is 0 Å². The molecule has 0 aromatic heterocycles. The Morgan fingerprint density at radius 2 is 1.84 bits per heavy atom. The number of hydrogen-bond acceptors (Lipinski definition) is 2. The summed E-state index contributed by atoms with van der Waals surface area (Å²) in [6, 6.07) is 6.72. The van der Waals surface area contributed by atoms with Crippen molar-refractivity contribution in [3.63, 3.8) is 0 Å². The van der Waals surface area contributed by atoms with E-state index >= 15 is 0 Å². The van der Waals surface area contributed by atoms with E-state index in [-0.39, 0.29) is 16.4 Å². The predicted octanol–water partition coefficient (Wildman–Crippen LogP) is 3.93. The summed E-state index contributed by atoms with van der Waals surface area (Å²) in [5, 5.41) is 0.757. The van der Waals surface area contributed by atoms with E-state index in [2.05, 4.69) is 36.6 Å². The average Bonchev–Trinajstić information content (AvgIpc) is 2.27. The van der Waals surface area contributed by atoms with Gasteiger partial charge in [-0.3, -0.25) is 0 Å². The van der Waals surface area contributed by atoms with Crippen LogP contribution in [0.2, 0.25) is 0 Å². The van der Waals surface area contributed by atoms with Crippen molar-refractivity contribution < 1.29 is 8.42 Å². The van der Waals surface area contributed by atoms with Gasteiger partial charge in [-0.25, -0.2) is 13.1 Å². The first-order valence-electron chi connectivity index (χ1n) is 6.01. The second-order valence-electron chi connectivity index (χ2n) is 5.45. The molecule has 0 amide bonds. The highest BCUT2D eigenvalue weighted by Crippen LogP contribution is 2.26. The van der Waals surface area contributed by atoms with E-state index in [4.69, 9.17) is 0 Å². The Morgan fingerprint density at radius 1 is 1.26 bits per heavy atom. The molecule has 3 nitrogen and oxygen atoms in total. The zero-order valence-electron chi connectivity index (χ0n) is 11.3. The standard InChI is InChI=1S/C13H19Br2NO2S/c1-13(2,3)12(8-9-14)16-19(17,18)11-7-5-4-6-10(11)15/h4-7,12,16H,8-9H2,1-3H3. The molecule has 1 N–H and O–H groups in total. The second kappa shape index (κ2) is 6.70. The molecule has 0 saturated heterocycles. The van der Waals surface area contributed by atoms with Crippen LogP contribution in [0.5, 0.6) is 0 Å². The molecule has 0 aliphatic carbocycles. The molecule has 0 aliphatic rings. The maximum absolute atomic E-state index is 12.4. The summed E-state index contributed by atoms with van der Waals surface area (Å²) in [5.74, 6) is 0. The molecule has 0 aliphatic heterocycles. The molecule has 1 atom stereocenters. The summed E-state index contributed by atoms with van der Waals surface area (Å²) in [7, 11) is -3.51. The number of hydrogen-bond donors (Lipinski definition) is 1. The Balaban J connectivity index is 3.05. The zero-order chi connectivity index (χ0) is 14.7. The van der Waals surface area contributed by atoms with E-state index in [0.717, 1.165) is 11.8 Å².